The first-order valence-electron chi connectivity index (χ1n) is 10.7. The second kappa shape index (κ2) is 8.79. The highest BCUT2D eigenvalue weighted by atomic mass is 35.5. The van der Waals surface area contributed by atoms with Crippen LogP contribution in [0.2, 0.25) is 15.5 Å². The fourth-order valence-corrected chi connectivity index (χ4v) is 4.32. The third kappa shape index (κ3) is 4.00. The summed E-state index contributed by atoms with van der Waals surface area (Å²) in [6, 6.07) is 8.80. The van der Waals surface area contributed by atoms with Gasteiger partial charge in [0.1, 0.15) is 7.85 Å². The lowest BCUT2D eigenvalue weighted by Gasteiger charge is -2.60. The van der Waals surface area contributed by atoms with E-state index in [1.54, 1.807) is 0 Å². The Kier molecular flexibility index (Phi) is 6.42. The van der Waals surface area contributed by atoms with E-state index < -0.39 is 51.0 Å². The molecule has 0 aromatic heterocycles. The summed E-state index contributed by atoms with van der Waals surface area (Å²) in [5, 5.41) is -0.826. The van der Waals surface area contributed by atoms with Gasteiger partial charge in [-0.1, -0.05) is 41.1 Å². The van der Waals surface area contributed by atoms with Gasteiger partial charge in [-0.3, -0.25) is 24.5 Å². The van der Waals surface area contributed by atoms with Crippen molar-refractivity contribution in [3.8, 4) is 0 Å². The molecule has 1 fully saturated rings. The van der Waals surface area contributed by atoms with Crippen molar-refractivity contribution in [2.75, 3.05) is 0 Å². The van der Waals surface area contributed by atoms with Crippen molar-refractivity contribution in [2.45, 2.75) is 34.9 Å². The van der Waals surface area contributed by atoms with Crippen molar-refractivity contribution in [2.24, 2.45) is 0 Å². The molecule has 10 radical (unpaired) electrons. The first-order valence-corrected chi connectivity index (χ1v) is 11.1. The van der Waals surface area contributed by atoms with Gasteiger partial charge in [0.2, 0.25) is 11.8 Å². The van der Waals surface area contributed by atoms with Gasteiger partial charge in [0, 0.05) is 29.2 Å². The van der Waals surface area contributed by atoms with Gasteiger partial charge in [-0.25, -0.2) is 0 Å². The normalized spacial score (nSPS) is 22.4. The molecule has 37 heavy (non-hydrogen) atoms. The molecule has 0 spiro atoms. The number of benzene rings is 2. The highest BCUT2D eigenvalue weighted by Gasteiger charge is 2.63. The molecule has 176 valence electrons. The average molecular weight is 511 g/mol. The summed E-state index contributed by atoms with van der Waals surface area (Å²) >= 11 is 5.71. The van der Waals surface area contributed by atoms with Gasteiger partial charge in [0.25, 0.3) is 11.8 Å². The zero-order chi connectivity index (χ0) is 27.6. The maximum atomic E-state index is 14.5. The second-order valence-corrected chi connectivity index (χ2v) is 9.37. The van der Waals surface area contributed by atoms with Gasteiger partial charge in [0.15, 0.2) is 0 Å². The number of imide groups is 1. The number of alkyl halides is 2. The Morgan fingerprint density at radius 2 is 1.65 bits per heavy atom. The number of nitrogens with zero attached hydrogens (tertiary/aromatic N) is 1. The van der Waals surface area contributed by atoms with Crippen LogP contribution in [-0.2, 0) is 33.4 Å². The van der Waals surface area contributed by atoms with E-state index in [9.17, 15) is 28.0 Å². The van der Waals surface area contributed by atoms with E-state index >= 15 is 0 Å². The number of hydrogen-bond acceptors (Lipinski definition) is 4. The zero-order valence-corrected chi connectivity index (χ0v) is 19.8. The molecule has 4 rings (SSSR count). The molecule has 4 amide bonds. The van der Waals surface area contributed by atoms with Gasteiger partial charge < -0.3 is 10.2 Å². The molecular formula is C22H13B5ClF2N3O4. The largest absolute Gasteiger partial charge is 0.349 e. The Hall–Kier alpha value is -3.01. The first-order chi connectivity index (χ1) is 17.0. The minimum absolute atomic E-state index is 0.103. The molecule has 0 saturated carbocycles. The van der Waals surface area contributed by atoms with Gasteiger partial charge in [-0.15, -0.1) is 0 Å². The average Bonchev–Trinajstić information content (AvgIpc) is 3.17. The molecule has 1 atom stereocenters. The lowest BCUT2D eigenvalue weighted by atomic mass is 9.21. The predicted octanol–water partition coefficient (Wildman–Crippen LogP) is 0.132. The van der Waals surface area contributed by atoms with Crippen LogP contribution in [0.5, 0.6) is 0 Å². The van der Waals surface area contributed by atoms with Gasteiger partial charge in [-0.2, -0.15) is 8.78 Å². The van der Waals surface area contributed by atoms with Crippen LogP contribution < -0.4 is 10.6 Å². The van der Waals surface area contributed by atoms with E-state index in [0.717, 1.165) is 17.0 Å². The van der Waals surface area contributed by atoms with Crippen LogP contribution in [0.1, 0.15) is 27.0 Å². The van der Waals surface area contributed by atoms with Gasteiger partial charge in [0.05, 0.1) is 36.8 Å². The highest BCUT2D eigenvalue weighted by Crippen LogP contribution is 2.55. The van der Waals surface area contributed by atoms with Crippen LogP contribution in [0.15, 0.2) is 42.5 Å². The van der Waals surface area contributed by atoms with Crippen molar-refractivity contribution in [3.05, 3.63) is 69.7 Å². The molecule has 7 nitrogen and oxygen atoms in total. The summed E-state index contributed by atoms with van der Waals surface area (Å²) in [5.74, 6) is -8.50. The summed E-state index contributed by atoms with van der Waals surface area (Å²) in [5.41, 5.74) is -2.28. The van der Waals surface area contributed by atoms with E-state index in [1.807, 2.05) is 5.32 Å². The summed E-state index contributed by atoms with van der Waals surface area (Å²) in [4.78, 5) is 51.0. The maximum absolute atomic E-state index is 14.5. The van der Waals surface area contributed by atoms with Gasteiger partial charge >= 0.3 is 5.92 Å². The Labute approximate surface area is 222 Å². The molecule has 2 aromatic carbocycles. The van der Waals surface area contributed by atoms with Crippen LogP contribution in [0.3, 0.4) is 0 Å². The van der Waals surface area contributed by atoms with Crippen molar-refractivity contribution >= 4 is 74.5 Å². The summed E-state index contributed by atoms with van der Waals surface area (Å²) in [6.07, 6.45) is 0. The van der Waals surface area contributed by atoms with E-state index in [2.05, 4.69) is 5.32 Å². The highest BCUT2D eigenvalue weighted by molar-refractivity contribution is 6.66. The number of rotatable bonds is 5. The van der Waals surface area contributed by atoms with Crippen LogP contribution in [0, 0.1) is 0 Å². The van der Waals surface area contributed by atoms with Crippen molar-refractivity contribution in [1.82, 2.24) is 15.5 Å². The first kappa shape index (κ1) is 27.0. The fourth-order valence-electron chi connectivity index (χ4n) is 4.19. The van der Waals surface area contributed by atoms with Crippen LogP contribution in [0.25, 0.3) is 0 Å². The summed E-state index contributed by atoms with van der Waals surface area (Å²) in [7, 11) is 29.8. The smallest absolute Gasteiger partial charge is 0.346 e. The number of carbonyl (C=O) groups excluding carboxylic acids is 4. The van der Waals surface area contributed by atoms with E-state index in [4.69, 9.17) is 50.8 Å². The number of piperidine rings is 1. The molecule has 0 aliphatic carbocycles. The van der Waals surface area contributed by atoms with Gasteiger partial charge in [-0.05, 0) is 34.5 Å². The molecule has 2 aliphatic heterocycles. The van der Waals surface area contributed by atoms with E-state index in [0.29, 0.717) is 11.1 Å². The van der Waals surface area contributed by atoms with Crippen LogP contribution in [-0.4, -0.2) is 73.2 Å². The molecule has 0 bridgehead atoms. The number of nitrogens with one attached hydrogen (secondary N) is 2. The molecule has 0 unspecified atom stereocenters. The number of hydrogen-bond donors (Lipinski definition) is 2. The number of carbonyl (C=O) groups is 4. The van der Waals surface area contributed by atoms with Crippen LogP contribution in [0.4, 0.5) is 8.78 Å². The van der Waals surface area contributed by atoms with Crippen LogP contribution >= 0.6 is 11.6 Å². The van der Waals surface area contributed by atoms with Crippen molar-refractivity contribution < 1.29 is 28.0 Å². The second-order valence-electron chi connectivity index (χ2n) is 8.93. The Balaban J connectivity index is 1.54. The fraction of sp³-hybridized carbons (Fsp3) is 0.273. The summed E-state index contributed by atoms with van der Waals surface area (Å²) in [6.45, 7) is -0.611. The molecule has 2 heterocycles. The summed E-state index contributed by atoms with van der Waals surface area (Å²) < 4.78 is 29.1. The minimum Gasteiger partial charge on any atom is -0.346 e. The molecule has 2 aliphatic rings. The van der Waals surface area contributed by atoms with E-state index in [-0.39, 0.29) is 23.7 Å². The SMILES string of the molecule is [B]C1([B])C(=O)NC(=O)[C@@]([B])(N2Cc3cc(CNC(=O)C(F)(F)c4ccc(Cl)cc4)ccc3C2=O)C1([B])[B]. The zero-order valence-electron chi connectivity index (χ0n) is 19.1. The standard InChI is InChI=1S/C22H13B5ClF2N3O4/c23-20(24)17(36)32-18(37)21(25,22(20,26)27)33-9-11-7-10(1-6-14(11)15(33)34)8-31-16(35)19(29,30)12-2-4-13(28)5-3-12/h1-7H,8-9H2,(H,31,35)(H,32,36,37)/t21-/m1/s1. The Morgan fingerprint density at radius 3 is 2.27 bits per heavy atom. The topological polar surface area (TPSA) is 95.6 Å². The van der Waals surface area contributed by atoms with Crippen molar-refractivity contribution in [1.29, 1.82) is 0 Å². The Bertz CT molecular complexity index is 1340. The monoisotopic (exact) mass is 511 g/mol. The number of halogens is 3. The lowest BCUT2D eigenvalue weighted by Crippen LogP contribution is -2.75. The van der Waals surface area contributed by atoms with Crippen molar-refractivity contribution in [3.63, 3.8) is 0 Å². The molecule has 15 heteroatoms. The quantitative estimate of drug-likeness (QED) is 0.442. The minimum atomic E-state index is -3.83. The molecule has 1 saturated heterocycles. The van der Waals surface area contributed by atoms with E-state index in [1.165, 1.54) is 30.3 Å². The third-order valence-electron chi connectivity index (χ3n) is 6.61. The lowest BCUT2D eigenvalue weighted by molar-refractivity contribution is -0.147. The Morgan fingerprint density at radius 1 is 1.03 bits per heavy atom. The molecular weight excluding hydrogens is 498 g/mol. The molecule has 2 aromatic rings. The third-order valence-corrected chi connectivity index (χ3v) is 6.86. The predicted molar refractivity (Wildman–Crippen MR) is 134 cm³/mol. The molecule has 2 N–H and O–H groups in total. The number of amides is 4. The number of fused-ring (bicyclic) bond motifs is 1. The maximum Gasteiger partial charge on any atom is 0.349 e.